The van der Waals surface area contributed by atoms with Gasteiger partial charge < -0.3 is 25.0 Å². The molecular formula is C24H27N3O2S. The number of rotatable bonds is 8. The Hall–Kier alpha value is -3.09. The second-order valence-corrected chi connectivity index (χ2v) is 7.40. The van der Waals surface area contributed by atoms with Gasteiger partial charge >= 0.3 is 0 Å². The summed E-state index contributed by atoms with van der Waals surface area (Å²) in [6, 6.07) is 25.6. The minimum Gasteiger partial charge on any atom is -0.496 e. The van der Waals surface area contributed by atoms with Crippen molar-refractivity contribution in [2.45, 2.75) is 6.04 Å². The third kappa shape index (κ3) is 5.95. The van der Waals surface area contributed by atoms with Crippen molar-refractivity contribution >= 4 is 23.0 Å². The van der Waals surface area contributed by atoms with Gasteiger partial charge in [0.25, 0.3) is 0 Å². The molecule has 0 aliphatic heterocycles. The Bertz CT molecular complexity index is 946. The lowest BCUT2D eigenvalue weighted by atomic mass is 10.0. The Morgan fingerprint density at radius 1 is 0.900 bits per heavy atom. The zero-order valence-corrected chi connectivity index (χ0v) is 18.3. The number of nitrogens with one attached hydrogen (secondary N) is 2. The summed E-state index contributed by atoms with van der Waals surface area (Å²) >= 11 is 5.49. The van der Waals surface area contributed by atoms with Crippen LogP contribution in [-0.4, -0.2) is 37.8 Å². The van der Waals surface area contributed by atoms with Crippen LogP contribution in [0.5, 0.6) is 17.2 Å². The van der Waals surface area contributed by atoms with Crippen LogP contribution in [0.15, 0.2) is 78.9 Å². The number of hydrogen-bond acceptors (Lipinski definition) is 4. The molecule has 0 aliphatic rings. The maximum atomic E-state index is 5.82. The van der Waals surface area contributed by atoms with Gasteiger partial charge in [0.1, 0.15) is 17.2 Å². The van der Waals surface area contributed by atoms with E-state index in [2.05, 4.69) is 21.6 Å². The predicted octanol–water partition coefficient (Wildman–Crippen LogP) is 5.08. The second-order valence-electron chi connectivity index (χ2n) is 7.00. The summed E-state index contributed by atoms with van der Waals surface area (Å²) in [5.41, 5.74) is 2.01. The quantitative estimate of drug-likeness (QED) is 0.495. The number of anilines is 1. The molecule has 0 aromatic heterocycles. The van der Waals surface area contributed by atoms with Gasteiger partial charge in [0.05, 0.1) is 13.2 Å². The van der Waals surface area contributed by atoms with Crippen molar-refractivity contribution in [1.29, 1.82) is 0 Å². The lowest BCUT2D eigenvalue weighted by molar-refractivity contribution is 0.288. The van der Waals surface area contributed by atoms with Crippen molar-refractivity contribution < 1.29 is 9.47 Å². The lowest BCUT2D eigenvalue weighted by Crippen LogP contribution is -2.36. The van der Waals surface area contributed by atoms with Gasteiger partial charge in [-0.2, -0.15) is 0 Å². The van der Waals surface area contributed by atoms with Gasteiger partial charge in [-0.3, -0.25) is 0 Å². The zero-order valence-electron chi connectivity index (χ0n) is 17.5. The highest BCUT2D eigenvalue weighted by Crippen LogP contribution is 2.27. The summed E-state index contributed by atoms with van der Waals surface area (Å²) in [5.74, 6) is 2.45. The molecule has 2 N–H and O–H groups in total. The van der Waals surface area contributed by atoms with Gasteiger partial charge in [0.15, 0.2) is 5.11 Å². The van der Waals surface area contributed by atoms with Crippen molar-refractivity contribution in [2.24, 2.45) is 0 Å². The lowest BCUT2D eigenvalue weighted by Gasteiger charge is -2.27. The van der Waals surface area contributed by atoms with Crippen molar-refractivity contribution in [3.63, 3.8) is 0 Å². The van der Waals surface area contributed by atoms with Gasteiger partial charge in [-0.05, 0) is 68.8 Å². The molecule has 6 heteroatoms. The van der Waals surface area contributed by atoms with E-state index in [-0.39, 0.29) is 6.04 Å². The predicted molar refractivity (Wildman–Crippen MR) is 127 cm³/mol. The largest absolute Gasteiger partial charge is 0.496 e. The number of hydrogen-bond donors (Lipinski definition) is 2. The summed E-state index contributed by atoms with van der Waals surface area (Å²) in [7, 11) is 5.78. The summed E-state index contributed by atoms with van der Waals surface area (Å²) in [6.45, 7) is 0.647. The van der Waals surface area contributed by atoms with Gasteiger partial charge in [0, 0.05) is 17.8 Å². The maximum absolute atomic E-state index is 5.82. The van der Waals surface area contributed by atoms with E-state index in [1.54, 1.807) is 7.11 Å². The fraction of sp³-hybridized carbons (Fsp3) is 0.208. The number of nitrogens with zero attached hydrogens (tertiary/aromatic N) is 1. The first-order valence-corrected chi connectivity index (χ1v) is 10.1. The molecule has 30 heavy (non-hydrogen) atoms. The van der Waals surface area contributed by atoms with Crippen molar-refractivity contribution in [2.75, 3.05) is 33.1 Å². The highest BCUT2D eigenvalue weighted by atomic mass is 32.1. The van der Waals surface area contributed by atoms with Gasteiger partial charge in [-0.1, -0.05) is 36.4 Å². The number of thiocarbonyl (C=S) groups is 1. The first kappa shape index (κ1) is 21.6. The summed E-state index contributed by atoms with van der Waals surface area (Å²) in [4.78, 5) is 2.14. The number of benzene rings is 3. The van der Waals surface area contributed by atoms with E-state index in [4.69, 9.17) is 21.7 Å². The van der Waals surface area contributed by atoms with E-state index < -0.39 is 0 Å². The first-order valence-electron chi connectivity index (χ1n) is 9.74. The van der Waals surface area contributed by atoms with Crippen LogP contribution in [-0.2, 0) is 0 Å². The molecule has 3 aromatic carbocycles. The molecule has 0 heterocycles. The molecule has 0 amide bonds. The van der Waals surface area contributed by atoms with E-state index in [0.717, 1.165) is 28.5 Å². The molecule has 0 fully saturated rings. The molecule has 156 valence electrons. The Morgan fingerprint density at radius 2 is 1.53 bits per heavy atom. The van der Waals surface area contributed by atoms with Gasteiger partial charge in [-0.25, -0.2) is 0 Å². The van der Waals surface area contributed by atoms with Gasteiger partial charge in [-0.15, -0.1) is 0 Å². The van der Waals surface area contributed by atoms with Crippen LogP contribution in [0.3, 0.4) is 0 Å². The summed E-state index contributed by atoms with van der Waals surface area (Å²) < 4.78 is 11.3. The normalized spacial score (nSPS) is 11.6. The first-order chi connectivity index (χ1) is 14.6. The van der Waals surface area contributed by atoms with Crippen LogP contribution in [0.1, 0.15) is 11.6 Å². The van der Waals surface area contributed by atoms with Gasteiger partial charge in [0.2, 0.25) is 0 Å². The molecular weight excluding hydrogens is 394 g/mol. The van der Waals surface area contributed by atoms with E-state index in [0.29, 0.717) is 11.7 Å². The SMILES string of the molecule is COc1ccccc1[C@H](CNC(=S)Nc1ccc(Oc2ccccc2)cc1)N(C)C. The van der Waals surface area contributed by atoms with Crippen LogP contribution in [0.4, 0.5) is 5.69 Å². The minimum atomic E-state index is 0.113. The highest BCUT2D eigenvalue weighted by molar-refractivity contribution is 7.80. The number of methoxy groups -OCH3 is 1. The van der Waals surface area contributed by atoms with Crippen LogP contribution >= 0.6 is 12.2 Å². The zero-order chi connectivity index (χ0) is 21.3. The Labute approximate surface area is 183 Å². The average Bonchev–Trinajstić information content (AvgIpc) is 2.76. The molecule has 3 aromatic rings. The average molecular weight is 422 g/mol. The van der Waals surface area contributed by atoms with Crippen molar-refractivity contribution in [3.8, 4) is 17.2 Å². The van der Waals surface area contributed by atoms with E-state index in [1.165, 1.54) is 0 Å². The number of para-hydroxylation sites is 2. The Balaban J connectivity index is 1.56. The summed E-state index contributed by atoms with van der Waals surface area (Å²) in [6.07, 6.45) is 0. The molecule has 0 saturated heterocycles. The molecule has 1 atom stereocenters. The number of likely N-dealkylation sites (N-methyl/N-ethyl adjacent to an activating group) is 1. The van der Waals surface area contributed by atoms with Crippen LogP contribution < -0.4 is 20.1 Å². The van der Waals surface area contributed by atoms with E-state index in [1.807, 2.05) is 86.9 Å². The van der Waals surface area contributed by atoms with Crippen molar-refractivity contribution in [1.82, 2.24) is 10.2 Å². The van der Waals surface area contributed by atoms with Crippen LogP contribution in [0, 0.1) is 0 Å². The molecule has 0 spiro atoms. The Kier molecular flexibility index (Phi) is 7.65. The fourth-order valence-corrected chi connectivity index (χ4v) is 3.31. The molecule has 0 bridgehead atoms. The van der Waals surface area contributed by atoms with Crippen LogP contribution in [0.2, 0.25) is 0 Å². The maximum Gasteiger partial charge on any atom is 0.170 e. The molecule has 0 saturated carbocycles. The smallest absolute Gasteiger partial charge is 0.170 e. The standard InChI is InChI=1S/C24H27N3O2S/c1-27(2)22(21-11-7-8-12-23(21)28-3)17-25-24(30)26-18-13-15-20(16-14-18)29-19-9-5-4-6-10-19/h4-16,22H,17H2,1-3H3,(H2,25,26,30)/t22-/m0/s1. The third-order valence-electron chi connectivity index (χ3n) is 4.67. The monoisotopic (exact) mass is 421 g/mol. The van der Waals surface area contributed by atoms with E-state index in [9.17, 15) is 0 Å². The number of ether oxygens (including phenoxy) is 2. The van der Waals surface area contributed by atoms with Crippen LogP contribution in [0.25, 0.3) is 0 Å². The summed E-state index contributed by atoms with van der Waals surface area (Å²) in [5, 5.41) is 7.09. The molecule has 0 aliphatic carbocycles. The molecule has 5 nitrogen and oxygen atoms in total. The van der Waals surface area contributed by atoms with Crippen molar-refractivity contribution in [3.05, 3.63) is 84.4 Å². The minimum absolute atomic E-state index is 0.113. The Morgan fingerprint density at radius 3 is 2.20 bits per heavy atom. The third-order valence-corrected chi connectivity index (χ3v) is 4.91. The van der Waals surface area contributed by atoms with E-state index >= 15 is 0 Å². The molecule has 0 radical (unpaired) electrons. The highest BCUT2D eigenvalue weighted by Gasteiger charge is 2.18. The molecule has 0 unspecified atom stereocenters. The second kappa shape index (κ2) is 10.6. The molecule has 3 rings (SSSR count). The topological polar surface area (TPSA) is 45.8 Å². The fourth-order valence-electron chi connectivity index (χ4n) is 3.11.